The molecular formula is C24H26FN2O3+. The molecule has 6 heteroatoms. The van der Waals surface area contributed by atoms with Crippen molar-refractivity contribution in [3.63, 3.8) is 0 Å². The van der Waals surface area contributed by atoms with Gasteiger partial charge in [-0.25, -0.2) is 4.39 Å². The van der Waals surface area contributed by atoms with Crippen LogP contribution in [0.4, 0.5) is 10.1 Å². The second-order valence-electron chi connectivity index (χ2n) is 7.66. The van der Waals surface area contributed by atoms with Gasteiger partial charge in [0, 0.05) is 6.07 Å². The maximum absolute atomic E-state index is 14.0. The lowest BCUT2D eigenvalue weighted by molar-refractivity contribution is -0.915. The summed E-state index contributed by atoms with van der Waals surface area (Å²) in [6.45, 7) is 6.20. The van der Waals surface area contributed by atoms with Gasteiger partial charge in [-0.1, -0.05) is 36.4 Å². The normalized spacial score (nSPS) is 14.7. The average molecular weight is 409 g/mol. The van der Waals surface area contributed by atoms with Gasteiger partial charge in [-0.2, -0.15) is 0 Å². The van der Waals surface area contributed by atoms with Crippen LogP contribution >= 0.6 is 0 Å². The molecule has 4 rings (SSSR count). The van der Waals surface area contributed by atoms with E-state index in [1.165, 1.54) is 23.3 Å². The van der Waals surface area contributed by atoms with Crippen molar-refractivity contribution < 1.29 is 18.4 Å². The van der Waals surface area contributed by atoms with Crippen LogP contribution in [0.5, 0.6) is 5.75 Å². The number of rotatable bonds is 6. The van der Waals surface area contributed by atoms with E-state index in [-0.39, 0.29) is 17.0 Å². The Hall–Kier alpha value is -3.12. The van der Waals surface area contributed by atoms with E-state index in [0.29, 0.717) is 24.6 Å². The standard InChI is InChI=1S/C24H25FN2O3/c1-18-6-2-3-7-19(18)16-30-24-17-29-20(14-23(24)28)15-26-10-12-27(13-11-26)22-9-5-4-8-21(22)25/h2-9,14,17H,10-13,15-16H2,1H3/p+1. The van der Waals surface area contributed by atoms with Crippen molar-refractivity contribution in [1.82, 2.24) is 0 Å². The molecule has 156 valence electrons. The van der Waals surface area contributed by atoms with Crippen LogP contribution < -0.4 is 20.0 Å². The minimum atomic E-state index is -0.187. The summed E-state index contributed by atoms with van der Waals surface area (Å²) in [5.74, 6) is 0.673. The lowest BCUT2D eigenvalue weighted by Crippen LogP contribution is -3.13. The minimum absolute atomic E-state index is 0.172. The largest absolute Gasteiger partial charge is 0.482 e. The fraction of sp³-hybridized carbons (Fsp3) is 0.292. The molecule has 1 fully saturated rings. The molecule has 1 saturated heterocycles. The minimum Gasteiger partial charge on any atom is -0.482 e. The number of piperazine rings is 1. The number of para-hydroxylation sites is 1. The van der Waals surface area contributed by atoms with E-state index in [9.17, 15) is 9.18 Å². The first-order chi connectivity index (χ1) is 14.6. The molecule has 1 aliphatic rings. The Morgan fingerprint density at radius 1 is 1.10 bits per heavy atom. The van der Waals surface area contributed by atoms with E-state index in [1.807, 2.05) is 43.3 Å². The lowest BCUT2D eigenvalue weighted by atomic mass is 10.1. The van der Waals surface area contributed by atoms with E-state index in [0.717, 1.165) is 37.3 Å². The second kappa shape index (κ2) is 9.13. The van der Waals surface area contributed by atoms with Crippen molar-refractivity contribution in [3.05, 3.63) is 93.8 Å². The van der Waals surface area contributed by atoms with Crippen molar-refractivity contribution in [2.75, 3.05) is 31.1 Å². The first kappa shape index (κ1) is 20.2. The monoisotopic (exact) mass is 409 g/mol. The summed E-state index contributed by atoms with van der Waals surface area (Å²) in [5.41, 5.74) is 2.64. The Morgan fingerprint density at radius 3 is 2.57 bits per heavy atom. The molecule has 30 heavy (non-hydrogen) atoms. The number of nitrogens with one attached hydrogen (secondary N) is 1. The molecule has 1 aromatic heterocycles. The highest BCUT2D eigenvalue weighted by atomic mass is 19.1. The van der Waals surface area contributed by atoms with Gasteiger partial charge in [0.15, 0.2) is 5.76 Å². The Kier molecular flexibility index (Phi) is 6.14. The third-order valence-corrected chi connectivity index (χ3v) is 5.58. The summed E-state index contributed by atoms with van der Waals surface area (Å²) in [6, 6.07) is 16.3. The van der Waals surface area contributed by atoms with Crippen LogP contribution in [0.3, 0.4) is 0 Å². The number of anilines is 1. The first-order valence-electron chi connectivity index (χ1n) is 10.2. The number of ether oxygens (including phenoxy) is 1. The van der Waals surface area contributed by atoms with Gasteiger partial charge < -0.3 is 19.0 Å². The third-order valence-electron chi connectivity index (χ3n) is 5.58. The van der Waals surface area contributed by atoms with E-state index < -0.39 is 0 Å². The Labute approximate surface area is 175 Å². The van der Waals surface area contributed by atoms with E-state index in [4.69, 9.17) is 9.15 Å². The van der Waals surface area contributed by atoms with Crippen LogP contribution in [-0.4, -0.2) is 26.2 Å². The van der Waals surface area contributed by atoms with Crippen LogP contribution in [0.15, 0.2) is 70.1 Å². The van der Waals surface area contributed by atoms with Crippen LogP contribution in [0.25, 0.3) is 0 Å². The SMILES string of the molecule is Cc1ccccc1COc1coc(C[NH+]2CCN(c3ccccc3F)CC2)cc1=O. The number of halogens is 1. The molecule has 5 nitrogen and oxygen atoms in total. The second-order valence-corrected chi connectivity index (χ2v) is 7.66. The average Bonchev–Trinajstić information content (AvgIpc) is 2.75. The van der Waals surface area contributed by atoms with Crippen molar-refractivity contribution in [3.8, 4) is 5.75 Å². The zero-order chi connectivity index (χ0) is 20.9. The van der Waals surface area contributed by atoms with E-state index in [2.05, 4.69) is 4.90 Å². The number of hydrogen-bond acceptors (Lipinski definition) is 4. The molecule has 0 aliphatic carbocycles. The van der Waals surface area contributed by atoms with Gasteiger partial charge in [-0.3, -0.25) is 4.79 Å². The highest BCUT2D eigenvalue weighted by Gasteiger charge is 2.23. The fourth-order valence-electron chi connectivity index (χ4n) is 3.76. The summed E-state index contributed by atoms with van der Waals surface area (Å²) < 4.78 is 25.3. The topological polar surface area (TPSA) is 47.1 Å². The zero-order valence-electron chi connectivity index (χ0n) is 17.1. The number of hydrogen-bond donors (Lipinski definition) is 1. The Balaban J connectivity index is 1.32. The maximum atomic E-state index is 14.0. The van der Waals surface area contributed by atoms with E-state index in [1.54, 1.807) is 6.07 Å². The summed E-state index contributed by atoms with van der Waals surface area (Å²) in [4.78, 5) is 15.8. The highest BCUT2D eigenvalue weighted by molar-refractivity contribution is 5.47. The van der Waals surface area contributed by atoms with Crippen molar-refractivity contribution in [1.29, 1.82) is 0 Å². The first-order valence-corrected chi connectivity index (χ1v) is 10.2. The number of nitrogens with zero attached hydrogens (tertiary/aromatic N) is 1. The van der Waals surface area contributed by atoms with Crippen LogP contribution in [-0.2, 0) is 13.2 Å². The molecule has 1 N–H and O–H groups in total. The quantitative estimate of drug-likeness (QED) is 0.680. The molecular weight excluding hydrogens is 383 g/mol. The molecule has 0 radical (unpaired) electrons. The summed E-state index contributed by atoms with van der Waals surface area (Å²) in [5, 5.41) is 0. The molecule has 2 aromatic carbocycles. The predicted molar refractivity (Wildman–Crippen MR) is 114 cm³/mol. The molecule has 0 amide bonds. The van der Waals surface area contributed by atoms with Crippen molar-refractivity contribution >= 4 is 5.69 Å². The summed E-state index contributed by atoms with van der Waals surface area (Å²) in [6.07, 6.45) is 1.41. The van der Waals surface area contributed by atoms with Crippen LogP contribution in [0, 0.1) is 12.7 Å². The van der Waals surface area contributed by atoms with E-state index >= 15 is 0 Å². The molecule has 0 atom stereocenters. The van der Waals surface area contributed by atoms with Gasteiger partial charge >= 0.3 is 0 Å². The van der Waals surface area contributed by atoms with Crippen LogP contribution in [0.2, 0.25) is 0 Å². The zero-order valence-corrected chi connectivity index (χ0v) is 17.1. The van der Waals surface area contributed by atoms with Gasteiger partial charge in [0.1, 0.15) is 25.2 Å². The van der Waals surface area contributed by atoms with Gasteiger partial charge in [0.05, 0.1) is 31.9 Å². The Bertz CT molecular complexity index is 1060. The van der Waals surface area contributed by atoms with Crippen LogP contribution in [0.1, 0.15) is 16.9 Å². The molecule has 0 bridgehead atoms. The maximum Gasteiger partial charge on any atom is 0.227 e. The van der Waals surface area contributed by atoms with Gasteiger partial charge in [-0.05, 0) is 30.2 Å². The van der Waals surface area contributed by atoms with Gasteiger partial charge in [-0.15, -0.1) is 0 Å². The smallest absolute Gasteiger partial charge is 0.227 e. The molecule has 1 aliphatic heterocycles. The molecule has 3 aromatic rings. The Morgan fingerprint density at radius 2 is 1.83 bits per heavy atom. The summed E-state index contributed by atoms with van der Waals surface area (Å²) >= 11 is 0. The fourth-order valence-corrected chi connectivity index (χ4v) is 3.76. The molecule has 0 spiro atoms. The highest BCUT2D eigenvalue weighted by Crippen LogP contribution is 2.18. The van der Waals surface area contributed by atoms with Crippen molar-refractivity contribution in [2.24, 2.45) is 0 Å². The summed E-state index contributed by atoms with van der Waals surface area (Å²) in [7, 11) is 0. The molecule has 0 saturated carbocycles. The molecule has 0 unspecified atom stereocenters. The third kappa shape index (κ3) is 4.71. The lowest BCUT2D eigenvalue weighted by Gasteiger charge is -2.33. The predicted octanol–water partition coefficient (Wildman–Crippen LogP) is 2.57. The van der Waals surface area contributed by atoms with Gasteiger partial charge in [0.2, 0.25) is 11.2 Å². The number of aryl methyl sites for hydroxylation is 1. The molecule has 2 heterocycles. The van der Waals surface area contributed by atoms with Crippen molar-refractivity contribution in [2.45, 2.75) is 20.1 Å². The number of benzene rings is 2. The number of quaternary nitrogens is 1. The van der Waals surface area contributed by atoms with Gasteiger partial charge in [0.25, 0.3) is 0 Å².